The number of carbonyl (C=O) groups excluding carboxylic acids is 1. The Labute approximate surface area is 176 Å². The molecule has 6 nitrogen and oxygen atoms in total. The summed E-state index contributed by atoms with van der Waals surface area (Å²) in [4.78, 5) is 17.2. The highest BCUT2D eigenvalue weighted by Gasteiger charge is 2.15. The van der Waals surface area contributed by atoms with Gasteiger partial charge in [0.25, 0.3) is 5.91 Å². The number of aromatic hydroxyl groups is 1. The van der Waals surface area contributed by atoms with Crippen LogP contribution in [0.25, 0.3) is 22.6 Å². The van der Waals surface area contributed by atoms with E-state index in [1.165, 1.54) is 17.4 Å². The number of carbonyl (C=O) groups is 1. The Kier molecular flexibility index (Phi) is 5.28. The van der Waals surface area contributed by atoms with Crippen LogP contribution in [-0.2, 0) is 6.42 Å². The molecular formula is C21H17N3O3S2. The quantitative estimate of drug-likeness (QED) is 0.318. The van der Waals surface area contributed by atoms with E-state index < -0.39 is 0 Å². The fourth-order valence-corrected chi connectivity index (χ4v) is 3.66. The molecule has 0 saturated carbocycles. The molecule has 1 amide bonds. The van der Waals surface area contributed by atoms with Crippen molar-refractivity contribution in [3.05, 3.63) is 64.4 Å². The number of hydrogen-bond acceptors (Lipinski definition) is 6. The molecule has 0 bridgehead atoms. The van der Waals surface area contributed by atoms with Crippen molar-refractivity contribution in [3.8, 4) is 17.2 Å². The van der Waals surface area contributed by atoms with Crippen LogP contribution in [0.5, 0.6) is 5.75 Å². The number of aromatic nitrogens is 1. The van der Waals surface area contributed by atoms with Crippen molar-refractivity contribution in [2.24, 2.45) is 0 Å². The second kappa shape index (κ2) is 8.02. The largest absolute Gasteiger partial charge is 0.507 e. The van der Waals surface area contributed by atoms with E-state index in [1.807, 2.05) is 23.6 Å². The zero-order chi connectivity index (χ0) is 20.4. The minimum atomic E-state index is -0.276. The molecule has 0 saturated heterocycles. The average molecular weight is 424 g/mol. The number of hydrogen-bond donors (Lipinski definition) is 3. The monoisotopic (exact) mass is 423 g/mol. The fraction of sp³-hybridized carbons (Fsp3) is 0.0952. The van der Waals surface area contributed by atoms with Gasteiger partial charge in [0.05, 0.1) is 10.4 Å². The number of benzene rings is 2. The molecular weight excluding hydrogens is 406 g/mol. The summed E-state index contributed by atoms with van der Waals surface area (Å²) in [5.74, 6) is 0.0662. The van der Waals surface area contributed by atoms with Crippen LogP contribution in [0.4, 0.5) is 5.69 Å². The van der Waals surface area contributed by atoms with Gasteiger partial charge in [-0.1, -0.05) is 19.1 Å². The lowest BCUT2D eigenvalue weighted by atomic mass is 10.1. The van der Waals surface area contributed by atoms with E-state index in [0.717, 1.165) is 17.5 Å². The molecule has 4 rings (SSSR count). The van der Waals surface area contributed by atoms with Gasteiger partial charge in [0.1, 0.15) is 11.3 Å². The summed E-state index contributed by atoms with van der Waals surface area (Å²) >= 11 is 6.55. The zero-order valence-electron chi connectivity index (χ0n) is 15.4. The second-order valence-corrected chi connectivity index (χ2v) is 7.65. The van der Waals surface area contributed by atoms with E-state index in [1.54, 1.807) is 24.3 Å². The lowest BCUT2D eigenvalue weighted by Gasteiger charge is -2.10. The van der Waals surface area contributed by atoms with Crippen LogP contribution in [0.1, 0.15) is 22.2 Å². The van der Waals surface area contributed by atoms with Crippen LogP contribution in [0, 0.1) is 0 Å². The molecule has 29 heavy (non-hydrogen) atoms. The molecule has 2 aromatic carbocycles. The Hall–Kier alpha value is -3.23. The number of aryl methyl sites for hydroxylation is 1. The summed E-state index contributed by atoms with van der Waals surface area (Å²) in [5, 5.41) is 17.8. The van der Waals surface area contributed by atoms with Gasteiger partial charge in [0.15, 0.2) is 10.7 Å². The highest BCUT2D eigenvalue weighted by atomic mass is 32.1. The van der Waals surface area contributed by atoms with E-state index in [0.29, 0.717) is 27.6 Å². The topological polar surface area (TPSA) is 87.4 Å². The summed E-state index contributed by atoms with van der Waals surface area (Å²) in [6.07, 6.45) is 0.900. The molecule has 3 N–H and O–H groups in total. The maximum absolute atomic E-state index is 12.1. The van der Waals surface area contributed by atoms with Crippen LogP contribution in [0.3, 0.4) is 0 Å². The van der Waals surface area contributed by atoms with E-state index in [2.05, 4.69) is 22.5 Å². The van der Waals surface area contributed by atoms with Crippen molar-refractivity contribution in [1.82, 2.24) is 10.3 Å². The summed E-state index contributed by atoms with van der Waals surface area (Å²) in [5.41, 5.74) is 3.55. The van der Waals surface area contributed by atoms with Crippen LogP contribution in [0.2, 0.25) is 0 Å². The maximum atomic E-state index is 12.1. The SMILES string of the molecule is CCc1ccc2oc(-c3cc(NC(=S)NC(=O)c4cccs4)ccc3O)nc2c1. The molecule has 4 aromatic rings. The summed E-state index contributed by atoms with van der Waals surface area (Å²) in [6, 6.07) is 14.2. The van der Waals surface area contributed by atoms with Gasteiger partial charge >= 0.3 is 0 Å². The molecule has 0 radical (unpaired) electrons. The minimum Gasteiger partial charge on any atom is -0.507 e. The lowest BCUT2D eigenvalue weighted by Crippen LogP contribution is -2.33. The van der Waals surface area contributed by atoms with E-state index >= 15 is 0 Å². The Balaban J connectivity index is 1.56. The number of phenolic OH excluding ortho intramolecular Hbond substituents is 1. The Morgan fingerprint density at radius 1 is 1.24 bits per heavy atom. The smallest absolute Gasteiger partial charge is 0.267 e. The number of nitrogens with zero attached hydrogens (tertiary/aromatic N) is 1. The minimum absolute atomic E-state index is 0.0337. The van der Waals surface area contributed by atoms with Crippen LogP contribution < -0.4 is 10.6 Å². The standard InChI is InChI=1S/C21H17N3O3S2/c1-2-12-5-8-17-15(10-12)23-20(27-17)14-11-13(6-7-16(14)25)22-21(28)24-19(26)18-4-3-9-29-18/h3-11,25H,2H2,1H3,(H2,22,24,26,28). The third-order valence-electron chi connectivity index (χ3n) is 4.32. The Bertz CT molecular complexity index is 1200. The van der Waals surface area contributed by atoms with Gasteiger partial charge in [-0.05, 0) is 66.0 Å². The third-order valence-corrected chi connectivity index (χ3v) is 5.39. The normalized spacial score (nSPS) is 10.8. The summed E-state index contributed by atoms with van der Waals surface area (Å²) < 4.78 is 5.81. The van der Waals surface area contributed by atoms with Gasteiger partial charge in [-0.25, -0.2) is 4.98 Å². The highest BCUT2D eigenvalue weighted by molar-refractivity contribution is 7.80. The van der Waals surface area contributed by atoms with Gasteiger partial charge in [-0.3, -0.25) is 10.1 Å². The van der Waals surface area contributed by atoms with E-state index in [4.69, 9.17) is 16.6 Å². The molecule has 0 spiro atoms. The second-order valence-electron chi connectivity index (χ2n) is 6.29. The first kappa shape index (κ1) is 19.1. The van der Waals surface area contributed by atoms with Crippen molar-refractivity contribution >= 4 is 51.4 Å². The molecule has 0 aliphatic carbocycles. The average Bonchev–Trinajstić information content (AvgIpc) is 3.38. The molecule has 0 fully saturated rings. The fourth-order valence-electron chi connectivity index (χ4n) is 2.83. The number of thiocarbonyl (C=S) groups is 1. The predicted molar refractivity (Wildman–Crippen MR) is 118 cm³/mol. The molecule has 0 unspecified atom stereocenters. The molecule has 146 valence electrons. The van der Waals surface area contributed by atoms with Crippen LogP contribution in [0.15, 0.2) is 58.3 Å². The van der Waals surface area contributed by atoms with Gasteiger partial charge in [-0.15, -0.1) is 11.3 Å². The number of oxazole rings is 1. The molecule has 0 aliphatic rings. The van der Waals surface area contributed by atoms with Crippen molar-refractivity contribution in [3.63, 3.8) is 0 Å². The number of fused-ring (bicyclic) bond motifs is 1. The summed E-state index contributed by atoms with van der Waals surface area (Å²) in [7, 11) is 0. The molecule has 8 heteroatoms. The van der Waals surface area contributed by atoms with Crippen LogP contribution in [-0.4, -0.2) is 21.1 Å². The number of thiophene rings is 1. The Morgan fingerprint density at radius 2 is 2.10 bits per heavy atom. The van der Waals surface area contributed by atoms with Gasteiger partial charge < -0.3 is 14.8 Å². The van der Waals surface area contributed by atoms with Gasteiger partial charge in [0, 0.05) is 5.69 Å². The number of anilines is 1. The van der Waals surface area contributed by atoms with Crippen LogP contribution >= 0.6 is 23.6 Å². The number of phenols is 1. The zero-order valence-corrected chi connectivity index (χ0v) is 17.1. The maximum Gasteiger partial charge on any atom is 0.267 e. The third kappa shape index (κ3) is 4.13. The molecule has 2 heterocycles. The molecule has 0 aliphatic heterocycles. The first-order valence-electron chi connectivity index (χ1n) is 8.92. The first-order valence-corrected chi connectivity index (χ1v) is 10.2. The van der Waals surface area contributed by atoms with Crippen molar-refractivity contribution in [2.45, 2.75) is 13.3 Å². The number of rotatable bonds is 4. The van der Waals surface area contributed by atoms with Gasteiger partial charge in [0.2, 0.25) is 5.89 Å². The summed E-state index contributed by atoms with van der Waals surface area (Å²) in [6.45, 7) is 2.07. The van der Waals surface area contributed by atoms with Crippen molar-refractivity contribution in [2.75, 3.05) is 5.32 Å². The van der Waals surface area contributed by atoms with E-state index in [-0.39, 0.29) is 16.8 Å². The Morgan fingerprint density at radius 3 is 2.86 bits per heavy atom. The predicted octanol–water partition coefficient (Wildman–Crippen LogP) is 4.95. The highest BCUT2D eigenvalue weighted by Crippen LogP contribution is 2.33. The number of nitrogens with one attached hydrogen (secondary N) is 2. The van der Waals surface area contributed by atoms with Crippen molar-refractivity contribution in [1.29, 1.82) is 0 Å². The number of amides is 1. The lowest BCUT2D eigenvalue weighted by molar-refractivity contribution is 0.0981. The molecule has 0 atom stereocenters. The van der Waals surface area contributed by atoms with Gasteiger partial charge in [-0.2, -0.15) is 0 Å². The molecule has 2 aromatic heterocycles. The van der Waals surface area contributed by atoms with E-state index in [9.17, 15) is 9.90 Å². The van der Waals surface area contributed by atoms with Crippen molar-refractivity contribution < 1.29 is 14.3 Å². The first-order chi connectivity index (χ1) is 14.0.